The van der Waals surface area contributed by atoms with Crippen molar-refractivity contribution in [3.63, 3.8) is 0 Å². The number of rotatable bonds is 5. The lowest BCUT2D eigenvalue weighted by Crippen LogP contribution is -2.15. The third-order valence-electron chi connectivity index (χ3n) is 10.1. The Morgan fingerprint density at radius 1 is 0.471 bits per heavy atom. The predicted molar refractivity (Wildman–Crippen MR) is 208 cm³/mol. The summed E-state index contributed by atoms with van der Waals surface area (Å²) in [5, 5.41) is 2.29. The number of hydrogen-bond acceptors (Lipinski definition) is 3. The molecular weight excluding hydrogens is 621 g/mol. The van der Waals surface area contributed by atoms with Crippen molar-refractivity contribution in [2.75, 3.05) is 0 Å². The van der Waals surface area contributed by atoms with Gasteiger partial charge in [0.05, 0.1) is 6.57 Å². The SMILES string of the molecule is [C-]#[N+]c1cccc2c1C(C)(C)c1cc(-c3ccc(-c4c(-c5nc(-c6ccccc6)nc(-c6ccccc6)n5)ccc5ccccc45)cc3)ccc1-2. The van der Waals surface area contributed by atoms with Crippen LogP contribution in [0.4, 0.5) is 5.69 Å². The fourth-order valence-corrected chi connectivity index (χ4v) is 7.65. The van der Waals surface area contributed by atoms with Crippen LogP contribution in [0.5, 0.6) is 0 Å². The molecule has 0 unspecified atom stereocenters. The highest BCUT2D eigenvalue weighted by molar-refractivity contribution is 6.03. The van der Waals surface area contributed by atoms with Gasteiger partial charge < -0.3 is 0 Å². The Morgan fingerprint density at radius 2 is 1.06 bits per heavy atom. The number of fused-ring (bicyclic) bond motifs is 4. The van der Waals surface area contributed by atoms with Gasteiger partial charge in [-0.1, -0.05) is 159 Å². The molecule has 1 heterocycles. The molecule has 0 saturated carbocycles. The summed E-state index contributed by atoms with van der Waals surface area (Å²) in [6.07, 6.45) is 0. The van der Waals surface area contributed by atoms with E-state index in [0.29, 0.717) is 17.5 Å². The van der Waals surface area contributed by atoms with Crippen LogP contribution in [-0.4, -0.2) is 15.0 Å². The summed E-state index contributed by atoms with van der Waals surface area (Å²) < 4.78 is 0. The van der Waals surface area contributed by atoms with Crippen LogP contribution in [0.25, 0.3) is 83.2 Å². The summed E-state index contributed by atoms with van der Waals surface area (Å²) >= 11 is 0. The van der Waals surface area contributed by atoms with E-state index < -0.39 is 0 Å². The third-order valence-corrected chi connectivity index (χ3v) is 10.1. The first kappa shape index (κ1) is 30.4. The molecule has 0 atom stereocenters. The van der Waals surface area contributed by atoms with Crippen LogP contribution in [0.1, 0.15) is 25.0 Å². The molecule has 0 aliphatic heterocycles. The normalized spacial score (nSPS) is 12.6. The highest BCUT2D eigenvalue weighted by Crippen LogP contribution is 2.53. The Morgan fingerprint density at radius 3 is 1.75 bits per heavy atom. The van der Waals surface area contributed by atoms with Gasteiger partial charge in [-0.15, -0.1) is 0 Å². The summed E-state index contributed by atoms with van der Waals surface area (Å²) in [7, 11) is 0. The third kappa shape index (κ3) is 5.10. The molecule has 8 aromatic rings. The highest BCUT2D eigenvalue weighted by atomic mass is 15.0. The molecule has 1 aliphatic rings. The van der Waals surface area contributed by atoms with E-state index in [1.165, 1.54) is 11.1 Å². The molecule has 1 aromatic heterocycles. The molecule has 240 valence electrons. The second kappa shape index (κ2) is 12.0. The molecule has 0 saturated heterocycles. The molecule has 0 bridgehead atoms. The van der Waals surface area contributed by atoms with Crippen LogP contribution in [0.15, 0.2) is 158 Å². The smallest absolute Gasteiger partial charge is 0.191 e. The fraction of sp³-hybridized carbons (Fsp3) is 0.0638. The molecule has 7 aromatic carbocycles. The largest absolute Gasteiger partial charge is 0.238 e. The zero-order valence-corrected chi connectivity index (χ0v) is 28.3. The summed E-state index contributed by atoms with van der Waals surface area (Å²) in [5.41, 5.74) is 12.5. The first-order chi connectivity index (χ1) is 25.0. The van der Waals surface area contributed by atoms with E-state index in [-0.39, 0.29) is 5.41 Å². The first-order valence-corrected chi connectivity index (χ1v) is 17.2. The van der Waals surface area contributed by atoms with Gasteiger partial charge in [-0.3, -0.25) is 0 Å². The minimum atomic E-state index is -0.263. The van der Waals surface area contributed by atoms with Gasteiger partial charge in [0.2, 0.25) is 0 Å². The topological polar surface area (TPSA) is 43.0 Å². The molecule has 9 rings (SSSR count). The maximum atomic E-state index is 7.80. The minimum Gasteiger partial charge on any atom is -0.238 e. The average Bonchev–Trinajstić information content (AvgIpc) is 3.43. The number of nitrogens with zero attached hydrogens (tertiary/aromatic N) is 4. The van der Waals surface area contributed by atoms with Crippen LogP contribution in [-0.2, 0) is 5.41 Å². The maximum Gasteiger partial charge on any atom is 0.191 e. The summed E-state index contributed by atoms with van der Waals surface area (Å²) in [5.74, 6) is 1.91. The van der Waals surface area contributed by atoms with Crippen molar-refractivity contribution in [3.05, 3.63) is 180 Å². The van der Waals surface area contributed by atoms with Gasteiger partial charge >= 0.3 is 0 Å². The quantitative estimate of drug-likeness (QED) is 0.174. The van der Waals surface area contributed by atoms with Crippen LogP contribution < -0.4 is 0 Å². The van der Waals surface area contributed by atoms with Gasteiger partial charge in [0.25, 0.3) is 0 Å². The van der Waals surface area contributed by atoms with Gasteiger partial charge in [-0.2, -0.15) is 0 Å². The summed E-state index contributed by atoms with van der Waals surface area (Å²) in [6.45, 7) is 12.3. The second-order valence-electron chi connectivity index (χ2n) is 13.5. The lowest BCUT2D eigenvalue weighted by Gasteiger charge is -2.23. The Balaban J connectivity index is 1.18. The summed E-state index contributed by atoms with van der Waals surface area (Å²) in [4.78, 5) is 19.0. The van der Waals surface area contributed by atoms with Crippen LogP contribution >= 0.6 is 0 Å². The number of aromatic nitrogens is 3. The van der Waals surface area contributed by atoms with Crippen LogP contribution in [0.2, 0.25) is 0 Å². The summed E-state index contributed by atoms with van der Waals surface area (Å²) in [6, 6.07) is 54.6. The monoisotopic (exact) mass is 652 g/mol. The second-order valence-corrected chi connectivity index (χ2v) is 13.5. The fourth-order valence-electron chi connectivity index (χ4n) is 7.65. The van der Waals surface area contributed by atoms with E-state index >= 15 is 0 Å². The van der Waals surface area contributed by atoms with Crippen molar-refractivity contribution < 1.29 is 0 Å². The van der Waals surface area contributed by atoms with Crippen LogP contribution in [0.3, 0.4) is 0 Å². The van der Waals surface area contributed by atoms with Gasteiger partial charge in [0.15, 0.2) is 23.2 Å². The van der Waals surface area contributed by atoms with Crippen LogP contribution in [0, 0.1) is 6.57 Å². The lowest BCUT2D eigenvalue weighted by molar-refractivity contribution is 0.663. The lowest BCUT2D eigenvalue weighted by atomic mass is 9.81. The first-order valence-electron chi connectivity index (χ1n) is 17.2. The van der Waals surface area contributed by atoms with Gasteiger partial charge in [-0.05, 0) is 61.8 Å². The zero-order valence-electron chi connectivity index (χ0n) is 28.3. The molecule has 0 N–H and O–H groups in total. The van der Waals surface area contributed by atoms with Gasteiger partial charge in [0.1, 0.15) is 0 Å². The van der Waals surface area contributed by atoms with E-state index in [1.807, 2.05) is 72.8 Å². The minimum absolute atomic E-state index is 0.263. The van der Waals surface area contributed by atoms with Crippen molar-refractivity contribution in [1.29, 1.82) is 0 Å². The van der Waals surface area contributed by atoms with Gasteiger partial charge in [0, 0.05) is 27.7 Å². The average molecular weight is 653 g/mol. The Hall–Kier alpha value is -6.70. The van der Waals surface area contributed by atoms with Gasteiger partial charge in [-0.25, -0.2) is 19.8 Å². The van der Waals surface area contributed by atoms with E-state index in [2.05, 4.69) is 104 Å². The van der Waals surface area contributed by atoms with Crippen molar-refractivity contribution in [2.45, 2.75) is 19.3 Å². The van der Waals surface area contributed by atoms with Crippen molar-refractivity contribution >= 4 is 16.5 Å². The molecule has 1 aliphatic carbocycles. The molecule has 0 fully saturated rings. The van der Waals surface area contributed by atoms with E-state index in [0.717, 1.165) is 66.5 Å². The molecule has 4 heteroatoms. The molecule has 4 nitrogen and oxygen atoms in total. The molecule has 0 amide bonds. The van der Waals surface area contributed by atoms with Crippen molar-refractivity contribution in [3.8, 4) is 67.5 Å². The van der Waals surface area contributed by atoms with E-state index in [4.69, 9.17) is 21.5 Å². The zero-order chi connectivity index (χ0) is 34.5. The molecular formula is C47H32N4. The predicted octanol–water partition coefficient (Wildman–Crippen LogP) is 12.2. The number of benzene rings is 7. The maximum absolute atomic E-state index is 7.80. The van der Waals surface area contributed by atoms with E-state index in [1.54, 1.807) is 0 Å². The Bertz CT molecular complexity index is 2600. The number of hydrogen-bond donors (Lipinski definition) is 0. The molecule has 0 spiro atoms. The van der Waals surface area contributed by atoms with Crippen molar-refractivity contribution in [2.24, 2.45) is 0 Å². The molecule has 0 radical (unpaired) electrons. The standard InChI is InChI=1S/C47H32N4/c1-47(2)40-29-35(26-27-37(40)38-19-12-20-41(48-3)43(38)47)30-21-23-32(24-22-30)42-36-18-11-10-13-31(36)25-28-39(42)46-50-44(33-14-6-4-7-15-33)49-45(51-46)34-16-8-5-9-17-34/h4-29H,1-2H3. The Kier molecular flexibility index (Phi) is 7.15. The van der Waals surface area contributed by atoms with E-state index in [9.17, 15) is 0 Å². The molecule has 51 heavy (non-hydrogen) atoms. The highest BCUT2D eigenvalue weighted by Gasteiger charge is 2.37. The van der Waals surface area contributed by atoms with Crippen molar-refractivity contribution in [1.82, 2.24) is 15.0 Å². The Labute approximate surface area is 297 Å².